The fraction of sp³-hybridized carbons (Fsp3) is 0.643. The summed E-state index contributed by atoms with van der Waals surface area (Å²) < 4.78 is 2.12. The maximum atomic E-state index is 10.3. The van der Waals surface area contributed by atoms with Crippen LogP contribution in [0.25, 0.3) is 0 Å². The van der Waals surface area contributed by atoms with Crippen molar-refractivity contribution in [2.45, 2.75) is 25.5 Å². The largest absolute Gasteiger partial charge is 0.387 e. The highest BCUT2D eigenvalue weighted by Crippen LogP contribution is 2.27. The Labute approximate surface area is 124 Å². The summed E-state index contributed by atoms with van der Waals surface area (Å²) in [4.78, 5) is 4.51. The first kappa shape index (κ1) is 15.3. The van der Waals surface area contributed by atoms with E-state index in [0.717, 1.165) is 43.5 Å². The van der Waals surface area contributed by atoms with E-state index in [0.29, 0.717) is 6.54 Å². The third kappa shape index (κ3) is 4.76. The molecule has 1 fully saturated rings. The number of nitrogens with zero attached hydrogens (tertiary/aromatic N) is 2. The molecule has 0 aromatic carbocycles. The number of hydrogen-bond acceptors (Lipinski definition) is 3. The maximum absolute atomic E-state index is 10.3. The van der Waals surface area contributed by atoms with Crippen LogP contribution < -0.4 is 10.6 Å². The summed E-state index contributed by atoms with van der Waals surface area (Å²) in [7, 11) is 0. The number of hydrogen-bond donors (Lipinski definition) is 3. The van der Waals surface area contributed by atoms with Crippen LogP contribution in [0.15, 0.2) is 29.5 Å². The van der Waals surface area contributed by atoms with Crippen LogP contribution in [0.3, 0.4) is 0 Å². The molecule has 0 radical (unpaired) electrons. The van der Waals surface area contributed by atoms with E-state index >= 15 is 0 Å². The van der Waals surface area contributed by atoms with Gasteiger partial charge < -0.3 is 20.3 Å². The molecule has 0 bridgehead atoms. The van der Waals surface area contributed by atoms with Crippen molar-refractivity contribution < 1.29 is 5.11 Å². The van der Waals surface area contributed by atoms with Crippen LogP contribution in [0.5, 0.6) is 0 Å². The molecule has 112 valence electrons. The number of guanidine groups is 1. The van der Waals surface area contributed by atoms with Crippen LogP contribution in [0, 0.1) is 0 Å². The quantitative estimate of drug-likeness (QED) is 0.539. The summed E-state index contributed by atoms with van der Waals surface area (Å²) in [6, 6.07) is 4.04. The Hall–Kier alpha value is -1.14. The second-order valence-corrected chi connectivity index (χ2v) is 6.17. The summed E-state index contributed by atoms with van der Waals surface area (Å²) in [5.41, 5.74) is -0.618. The first-order chi connectivity index (χ1) is 9.72. The Kier molecular flexibility index (Phi) is 5.79. The lowest BCUT2D eigenvalue weighted by molar-refractivity contribution is 0.0778. The molecular formula is C14H24N4OS. The van der Waals surface area contributed by atoms with E-state index < -0.39 is 5.60 Å². The highest BCUT2D eigenvalue weighted by atomic mass is 32.2. The van der Waals surface area contributed by atoms with Crippen molar-refractivity contribution in [3.63, 3.8) is 0 Å². The molecule has 1 unspecified atom stereocenters. The van der Waals surface area contributed by atoms with Crippen LogP contribution in [0.2, 0.25) is 0 Å². The van der Waals surface area contributed by atoms with Crippen LogP contribution in [-0.4, -0.2) is 52.4 Å². The van der Waals surface area contributed by atoms with Gasteiger partial charge in [-0.25, -0.2) is 0 Å². The molecule has 2 rings (SSSR count). The number of nitrogens with one attached hydrogen (secondary N) is 2. The van der Waals surface area contributed by atoms with Crippen molar-refractivity contribution in [1.82, 2.24) is 15.2 Å². The van der Waals surface area contributed by atoms with Gasteiger partial charge >= 0.3 is 0 Å². The summed E-state index contributed by atoms with van der Waals surface area (Å²) in [5, 5.41) is 16.8. The molecule has 5 nitrogen and oxygen atoms in total. The van der Waals surface area contributed by atoms with Gasteiger partial charge in [0.25, 0.3) is 0 Å². The lowest BCUT2D eigenvalue weighted by atomic mass is 10.1. The van der Waals surface area contributed by atoms with Crippen molar-refractivity contribution in [2.24, 2.45) is 4.99 Å². The molecule has 20 heavy (non-hydrogen) atoms. The normalized spacial score (nSPS) is 23.0. The molecule has 1 aliphatic heterocycles. The zero-order valence-corrected chi connectivity index (χ0v) is 12.8. The Morgan fingerprint density at radius 3 is 2.85 bits per heavy atom. The van der Waals surface area contributed by atoms with E-state index in [1.165, 1.54) is 0 Å². The van der Waals surface area contributed by atoms with E-state index in [4.69, 9.17) is 0 Å². The third-order valence-corrected chi connectivity index (χ3v) is 4.52. The van der Waals surface area contributed by atoms with Gasteiger partial charge in [0.2, 0.25) is 0 Å². The molecule has 0 amide bonds. The van der Waals surface area contributed by atoms with Gasteiger partial charge in [0.15, 0.2) is 5.96 Å². The minimum Gasteiger partial charge on any atom is -0.387 e. The third-order valence-electron chi connectivity index (χ3n) is 3.29. The van der Waals surface area contributed by atoms with Crippen molar-refractivity contribution in [1.29, 1.82) is 0 Å². The molecule has 1 saturated heterocycles. The van der Waals surface area contributed by atoms with Crippen LogP contribution in [0.1, 0.15) is 13.3 Å². The van der Waals surface area contributed by atoms with Gasteiger partial charge in [0, 0.05) is 37.8 Å². The first-order valence-electron chi connectivity index (χ1n) is 7.15. The highest BCUT2D eigenvalue weighted by Gasteiger charge is 2.31. The fourth-order valence-electron chi connectivity index (χ4n) is 2.11. The lowest BCUT2D eigenvalue weighted by Gasteiger charge is -2.19. The summed E-state index contributed by atoms with van der Waals surface area (Å²) >= 11 is 1.80. The SMILES string of the molecule is CCNC(=NCC1(O)CCSC1)NCCn1cccc1. The van der Waals surface area contributed by atoms with Gasteiger partial charge in [0.1, 0.15) is 0 Å². The van der Waals surface area contributed by atoms with Gasteiger partial charge in [-0.15, -0.1) is 0 Å². The van der Waals surface area contributed by atoms with E-state index in [9.17, 15) is 5.11 Å². The Bertz CT molecular complexity index is 413. The van der Waals surface area contributed by atoms with Gasteiger partial charge in [0.05, 0.1) is 12.1 Å². The average molecular weight is 296 g/mol. The van der Waals surface area contributed by atoms with Crippen molar-refractivity contribution >= 4 is 17.7 Å². The molecule has 1 aromatic rings. The molecule has 1 atom stereocenters. The summed E-state index contributed by atoms with van der Waals surface area (Å²) in [5.74, 6) is 2.60. The van der Waals surface area contributed by atoms with Gasteiger partial charge in [-0.1, -0.05) is 0 Å². The molecule has 0 spiro atoms. The zero-order chi connectivity index (χ0) is 14.3. The molecule has 6 heteroatoms. The minimum absolute atomic E-state index is 0.471. The van der Waals surface area contributed by atoms with Gasteiger partial charge in [-0.3, -0.25) is 4.99 Å². The van der Waals surface area contributed by atoms with Crippen LogP contribution in [0.4, 0.5) is 0 Å². The standard InChI is InChI=1S/C14H24N4OS/c1-2-15-13(16-6-9-18-7-3-4-8-18)17-11-14(19)5-10-20-12-14/h3-4,7-8,19H,2,5-6,9-12H2,1H3,(H2,15,16,17). The van der Waals surface area contributed by atoms with Gasteiger partial charge in [-0.2, -0.15) is 11.8 Å². The lowest BCUT2D eigenvalue weighted by Crippen LogP contribution is -2.41. The molecule has 1 aromatic heterocycles. The smallest absolute Gasteiger partial charge is 0.191 e. The van der Waals surface area contributed by atoms with E-state index in [-0.39, 0.29) is 0 Å². The molecule has 1 aliphatic rings. The number of thioether (sulfide) groups is 1. The predicted molar refractivity (Wildman–Crippen MR) is 85.3 cm³/mol. The van der Waals surface area contributed by atoms with Crippen molar-refractivity contribution in [3.05, 3.63) is 24.5 Å². The molecule has 0 aliphatic carbocycles. The van der Waals surface area contributed by atoms with E-state index in [1.54, 1.807) is 11.8 Å². The number of aliphatic imine (C=N–C) groups is 1. The number of aliphatic hydroxyl groups is 1. The van der Waals surface area contributed by atoms with Gasteiger partial charge in [-0.05, 0) is 31.2 Å². The Morgan fingerprint density at radius 2 is 2.20 bits per heavy atom. The average Bonchev–Trinajstić information content (AvgIpc) is 3.08. The number of rotatable bonds is 6. The van der Waals surface area contributed by atoms with Crippen LogP contribution in [-0.2, 0) is 6.54 Å². The van der Waals surface area contributed by atoms with Crippen molar-refractivity contribution in [3.8, 4) is 0 Å². The molecule has 0 saturated carbocycles. The second-order valence-electron chi connectivity index (χ2n) is 5.07. The van der Waals surface area contributed by atoms with E-state index in [1.807, 2.05) is 31.5 Å². The maximum Gasteiger partial charge on any atom is 0.191 e. The molecular weight excluding hydrogens is 272 g/mol. The first-order valence-corrected chi connectivity index (χ1v) is 8.30. The predicted octanol–water partition coefficient (Wildman–Crippen LogP) is 0.911. The zero-order valence-electron chi connectivity index (χ0n) is 12.0. The van der Waals surface area contributed by atoms with Crippen molar-refractivity contribution in [2.75, 3.05) is 31.1 Å². The molecule has 3 N–H and O–H groups in total. The van der Waals surface area contributed by atoms with E-state index in [2.05, 4.69) is 20.2 Å². The topological polar surface area (TPSA) is 61.6 Å². The summed E-state index contributed by atoms with van der Waals surface area (Å²) in [6.45, 7) is 5.05. The Morgan fingerprint density at radius 1 is 1.40 bits per heavy atom. The molecule has 2 heterocycles. The number of aromatic nitrogens is 1. The fourth-order valence-corrected chi connectivity index (χ4v) is 3.40. The second kappa shape index (κ2) is 7.59. The monoisotopic (exact) mass is 296 g/mol. The summed E-state index contributed by atoms with van der Waals surface area (Å²) in [6.07, 6.45) is 4.93. The highest BCUT2D eigenvalue weighted by molar-refractivity contribution is 7.99. The Balaban J connectivity index is 1.79. The minimum atomic E-state index is -0.618. The van der Waals surface area contributed by atoms with Crippen LogP contribution >= 0.6 is 11.8 Å².